The van der Waals surface area contributed by atoms with Gasteiger partial charge in [-0.05, 0) is 76.7 Å². The monoisotopic (exact) mass is 486 g/mol. The first-order chi connectivity index (χ1) is 16.1. The second kappa shape index (κ2) is 9.35. The largest absolute Gasteiger partial charge is 0.497 e. The Morgan fingerprint density at radius 2 is 1.41 bits per heavy atom. The van der Waals surface area contributed by atoms with Gasteiger partial charge in [0.2, 0.25) is 0 Å². The average molecular weight is 487 g/mol. The molecule has 34 heavy (non-hydrogen) atoms. The van der Waals surface area contributed by atoms with Crippen molar-refractivity contribution in [3.8, 4) is 22.6 Å². The predicted octanol–water partition coefficient (Wildman–Crippen LogP) is 4.81. The van der Waals surface area contributed by atoms with Crippen molar-refractivity contribution in [1.29, 1.82) is 0 Å². The fourth-order valence-corrected chi connectivity index (χ4v) is 6.61. The number of Topliss-reactive ketones (excluding diaryl/α,β-unsaturated/α-hetero) is 1. The highest BCUT2D eigenvalue weighted by Crippen LogP contribution is 2.37. The summed E-state index contributed by atoms with van der Waals surface area (Å²) < 4.78 is 11.6. The molecule has 0 bridgehead atoms. The van der Waals surface area contributed by atoms with Crippen molar-refractivity contribution in [1.82, 2.24) is 0 Å². The van der Waals surface area contributed by atoms with Crippen molar-refractivity contribution in [3.63, 3.8) is 0 Å². The molecule has 0 aliphatic heterocycles. The molecule has 0 unspecified atom stereocenters. The third-order valence-corrected chi connectivity index (χ3v) is 9.33. The van der Waals surface area contributed by atoms with Crippen LogP contribution >= 0.6 is 0 Å². The summed E-state index contributed by atoms with van der Waals surface area (Å²) in [7, 11) is 0.551. The summed E-state index contributed by atoms with van der Waals surface area (Å²) in [6.45, 7) is 10.5. The van der Waals surface area contributed by atoms with Gasteiger partial charge in [-0.3, -0.25) is 4.79 Å². The summed E-state index contributed by atoms with van der Waals surface area (Å²) >= 11 is 0. The number of ketones is 1. The van der Waals surface area contributed by atoms with Crippen molar-refractivity contribution >= 4 is 39.7 Å². The van der Waals surface area contributed by atoms with E-state index in [0.717, 1.165) is 23.8 Å². The van der Waals surface area contributed by atoms with Crippen LogP contribution in [0, 0.1) is 0 Å². The highest BCUT2D eigenvalue weighted by Gasteiger charge is 2.28. The SMILES string of the molecule is COc1cc2c(cc1[Si]C)-c1cc([Si](C)(C)C)c(OC(=O)c3ccc(C(C)=O)cc3)cc1CC2. The number of ether oxygens (including phenoxy) is 2. The lowest BCUT2D eigenvalue weighted by Gasteiger charge is -2.27. The van der Waals surface area contributed by atoms with E-state index in [1.165, 1.54) is 34.4 Å². The van der Waals surface area contributed by atoms with Gasteiger partial charge < -0.3 is 9.47 Å². The van der Waals surface area contributed by atoms with Gasteiger partial charge in [0, 0.05) is 5.56 Å². The zero-order chi connectivity index (χ0) is 24.6. The molecular formula is C28H30O4Si2. The number of esters is 1. The van der Waals surface area contributed by atoms with E-state index in [1.54, 1.807) is 31.4 Å². The van der Waals surface area contributed by atoms with Crippen molar-refractivity contribution < 1.29 is 19.1 Å². The minimum atomic E-state index is -1.83. The summed E-state index contributed by atoms with van der Waals surface area (Å²) in [5, 5.41) is 2.36. The van der Waals surface area contributed by atoms with E-state index in [0.29, 0.717) is 26.4 Å². The van der Waals surface area contributed by atoms with Crippen LogP contribution < -0.4 is 19.8 Å². The Balaban J connectivity index is 1.76. The summed E-state index contributed by atoms with van der Waals surface area (Å²) in [4.78, 5) is 24.5. The van der Waals surface area contributed by atoms with Gasteiger partial charge in [-0.2, -0.15) is 0 Å². The van der Waals surface area contributed by atoms with E-state index in [4.69, 9.17) is 9.47 Å². The number of aryl methyl sites for hydroxylation is 2. The van der Waals surface area contributed by atoms with Crippen LogP contribution in [0.5, 0.6) is 11.5 Å². The van der Waals surface area contributed by atoms with Gasteiger partial charge in [-0.15, -0.1) is 0 Å². The van der Waals surface area contributed by atoms with E-state index in [-0.39, 0.29) is 5.78 Å². The molecule has 0 atom stereocenters. The Bertz CT molecular complexity index is 1270. The molecule has 4 nitrogen and oxygen atoms in total. The lowest BCUT2D eigenvalue weighted by Crippen LogP contribution is -2.39. The summed E-state index contributed by atoms with van der Waals surface area (Å²) in [6, 6.07) is 15.5. The molecule has 0 aromatic heterocycles. The lowest BCUT2D eigenvalue weighted by molar-refractivity contribution is 0.0735. The van der Waals surface area contributed by atoms with E-state index in [2.05, 4.69) is 50.5 Å². The molecule has 1 aliphatic rings. The Morgan fingerprint density at radius 1 is 0.853 bits per heavy atom. The maximum atomic E-state index is 13.0. The smallest absolute Gasteiger partial charge is 0.343 e. The van der Waals surface area contributed by atoms with Crippen LogP contribution in [0.25, 0.3) is 11.1 Å². The van der Waals surface area contributed by atoms with Gasteiger partial charge in [0.25, 0.3) is 0 Å². The number of methoxy groups -OCH3 is 1. The van der Waals surface area contributed by atoms with Crippen LogP contribution in [-0.4, -0.2) is 36.5 Å². The van der Waals surface area contributed by atoms with E-state index >= 15 is 0 Å². The molecule has 2 radical (unpaired) electrons. The first kappa shape index (κ1) is 24.2. The molecule has 0 saturated heterocycles. The number of carbonyl (C=O) groups excluding carboxylic acids is 2. The maximum Gasteiger partial charge on any atom is 0.343 e. The van der Waals surface area contributed by atoms with Crippen molar-refractivity contribution in [3.05, 3.63) is 70.8 Å². The van der Waals surface area contributed by atoms with Crippen molar-refractivity contribution in [2.45, 2.75) is 46.0 Å². The molecule has 0 saturated carbocycles. The second-order valence-electron chi connectivity index (χ2n) is 9.74. The molecule has 3 aromatic rings. The van der Waals surface area contributed by atoms with Gasteiger partial charge in [0.1, 0.15) is 11.5 Å². The first-order valence-electron chi connectivity index (χ1n) is 11.5. The third kappa shape index (κ3) is 4.65. The molecule has 3 aromatic carbocycles. The molecule has 0 heterocycles. The topological polar surface area (TPSA) is 52.6 Å². The molecule has 0 amide bonds. The van der Waals surface area contributed by atoms with E-state index < -0.39 is 14.0 Å². The summed E-state index contributed by atoms with van der Waals surface area (Å²) in [5.41, 5.74) is 6.05. The molecule has 0 fully saturated rings. The fourth-order valence-electron chi connectivity index (χ4n) is 4.46. The predicted molar refractivity (Wildman–Crippen MR) is 141 cm³/mol. The van der Waals surface area contributed by atoms with E-state index in [9.17, 15) is 9.59 Å². The highest BCUT2D eigenvalue weighted by atomic mass is 28.3. The maximum absolute atomic E-state index is 13.0. The van der Waals surface area contributed by atoms with Crippen molar-refractivity contribution in [2.24, 2.45) is 0 Å². The Hall–Kier alpha value is -2.97. The number of rotatable bonds is 6. The Morgan fingerprint density at radius 3 is 1.94 bits per heavy atom. The van der Waals surface area contributed by atoms with Gasteiger partial charge >= 0.3 is 5.97 Å². The number of hydrogen-bond donors (Lipinski definition) is 0. The molecular weight excluding hydrogens is 456 g/mol. The van der Waals surface area contributed by atoms with Gasteiger partial charge in [-0.1, -0.05) is 50.5 Å². The zero-order valence-corrected chi connectivity index (χ0v) is 22.7. The number of fused-ring (bicyclic) bond motifs is 3. The molecule has 0 spiro atoms. The quantitative estimate of drug-likeness (QED) is 0.217. The van der Waals surface area contributed by atoms with Crippen LogP contribution in [0.1, 0.15) is 38.8 Å². The van der Waals surface area contributed by atoms with Gasteiger partial charge in [0.05, 0.1) is 30.3 Å². The Labute approximate surface area is 205 Å². The number of benzene rings is 3. The molecule has 6 heteroatoms. The van der Waals surface area contributed by atoms with Crippen LogP contribution in [0.3, 0.4) is 0 Å². The first-order valence-corrected chi connectivity index (χ1v) is 16.5. The minimum absolute atomic E-state index is 0.0275. The second-order valence-corrected chi connectivity index (χ2v) is 15.8. The van der Waals surface area contributed by atoms with Crippen LogP contribution in [0.4, 0.5) is 0 Å². The average Bonchev–Trinajstić information content (AvgIpc) is 2.81. The molecule has 0 N–H and O–H groups in total. The van der Waals surface area contributed by atoms with E-state index in [1.807, 2.05) is 0 Å². The van der Waals surface area contributed by atoms with Crippen molar-refractivity contribution in [2.75, 3.05) is 7.11 Å². The summed E-state index contributed by atoms with van der Waals surface area (Å²) in [5.74, 6) is 1.20. The lowest BCUT2D eigenvalue weighted by atomic mass is 9.85. The zero-order valence-electron chi connectivity index (χ0n) is 20.7. The van der Waals surface area contributed by atoms with Gasteiger partial charge in [-0.25, -0.2) is 4.79 Å². The number of carbonyl (C=O) groups is 2. The van der Waals surface area contributed by atoms with Gasteiger partial charge in [0.15, 0.2) is 5.78 Å². The third-order valence-electron chi connectivity index (χ3n) is 6.39. The Kier molecular flexibility index (Phi) is 6.65. The van der Waals surface area contributed by atoms with Crippen LogP contribution in [0.2, 0.25) is 26.2 Å². The number of hydrogen-bond acceptors (Lipinski definition) is 4. The normalized spacial score (nSPS) is 12.5. The molecule has 1 aliphatic carbocycles. The minimum Gasteiger partial charge on any atom is -0.497 e. The van der Waals surface area contributed by atoms with Crippen LogP contribution in [0.15, 0.2) is 48.5 Å². The fraction of sp³-hybridized carbons (Fsp3) is 0.286. The molecule has 4 rings (SSSR count). The van der Waals surface area contributed by atoms with Crippen LogP contribution in [-0.2, 0) is 12.8 Å². The summed E-state index contributed by atoms with van der Waals surface area (Å²) in [6.07, 6.45) is 1.82. The highest BCUT2D eigenvalue weighted by molar-refractivity contribution is 6.89. The molecule has 174 valence electrons. The standard InChI is InChI=1S/C28H30O4Si2/c1-17(29)18-7-9-19(10-8-18)28(30)32-25-14-21-12-11-20-13-24(31-2)26(33-3)15-22(20)23(21)16-27(25)34(4,5)6/h7-10,13-16H,11-12H2,1-6H3.